The van der Waals surface area contributed by atoms with Gasteiger partial charge < -0.3 is 0 Å². The molecule has 0 aliphatic heterocycles. The third kappa shape index (κ3) is 6.16. The SMILES string of the molecule is CCC/C=C/C1CCC(C2CCC(CCc3ccc(F)c(F)c3)CC2)CC1. The summed E-state index contributed by atoms with van der Waals surface area (Å²) in [5.41, 5.74) is 0.936. The van der Waals surface area contributed by atoms with Crippen molar-refractivity contribution in [1.29, 1.82) is 0 Å². The van der Waals surface area contributed by atoms with Gasteiger partial charge in [0.15, 0.2) is 11.6 Å². The summed E-state index contributed by atoms with van der Waals surface area (Å²) in [6, 6.07) is 4.36. The van der Waals surface area contributed by atoms with Gasteiger partial charge in [-0.2, -0.15) is 0 Å². The number of hydrogen-bond acceptors (Lipinski definition) is 0. The predicted molar refractivity (Wildman–Crippen MR) is 110 cm³/mol. The Kier molecular flexibility index (Phi) is 7.91. The molecule has 0 saturated heterocycles. The molecular weight excluding hydrogens is 338 g/mol. The third-order valence-corrected chi connectivity index (χ3v) is 7.06. The highest BCUT2D eigenvalue weighted by atomic mass is 19.2. The van der Waals surface area contributed by atoms with Crippen LogP contribution in [0.25, 0.3) is 0 Å². The molecule has 0 heterocycles. The Morgan fingerprint density at radius 3 is 2.19 bits per heavy atom. The Morgan fingerprint density at radius 1 is 0.889 bits per heavy atom. The van der Waals surface area contributed by atoms with Gasteiger partial charge in [0, 0.05) is 0 Å². The second-order valence-corrected chi connectivity index (χ2v) is 8.96. The lowest BCUT2D eigenvalue weighted by atomic mass is 9.68. The smallest absolute Gasteiger partial charge is 0.159 e. The zero-order valence-corrected chi connectivity index (χ0v) is 16.9. The monoisotopic (exact) mass is 374 g/mol. The van der Waals surface area contributed by atoms with E-state index >= 15 is 0 Å². The fourth-order valence-corrected chi connectivity index (χ4v) is 5.28. The van der Waals surface area contributed by atoms with Crippen LogP contribution in [0.3, 0.4) is 0 Å². The lowest BCUT2D eigenvalue weighted by Gasteiger charge is -2.37. The Morgan fingerprint density at radius 2 is 1.56 bits per heavy atom. The summed E-state index contributed by atoms with van der Waals surface area (Å²) < 4.78 is 26.4. The topological polar surface area (TPSA) is 0 Å². The van der Waals surface area contributed by atoms with Crippen molar-refractivity contribution in [2.45, 2.75) is 84.0 Å². The first kappa shape index (κ1) is 20.6. The molecule has 2 saturated carbocycles. The standard InChI is InChI=1S/C25H36F2/c1-2-3-4-5-19-8-13-22(14-9-19)23-15-10-20(11-16-23)6-7-21-12-17-24(26)25(27)18-21/h4-5,12,17-20,22-23H,2-3,6-11,13-16H2,1H3/b5-4+. The van der Waals surface area contributed by atoms with Crippen molar-refractivity contribution in [2.75, 3.05) is 0 Å². The van der Waals surface area contributed by atoms with Gasteiger partial charge in [-0.3, -0.25) is 0 Å². The minimum absolute atomic E-state index is 0.712. The van der Waals surface area contributed by atoms with Gasteiger partial charge in [-0.1, -0.05) is 44.4 Å². The maximum absolute atomic E-state index is 13.3. The van der Waals surface area contributed by atoms with Gasteiger partial charge in [0.1, 0.15) is 0 Å². The summed E-state index contributed by atoms with van der Waals surface area (Å²) in [7, 11) is 0. The normalized spacial score (nSPS) is 29.3. The molecule has 0 N–H and O–H groups in total. The summed E-state index contributed by atoms with van der Waals surface area (Å²) in [5.74, 6) is 2.03. The van der Waals surface area contributed by atoms with Crippen molar-refractivity contribution in [2.24, 2.45) is 23.7 Å². The second-order valence-electron chi connectivity index (χ2n) is 8.96. The summed E-state index contributed by atoms with van der Waals surface area (Å²) >= 11 is 0. The minimum Gasteiger partial charge on any atom is -0.204 e. The molecule has 2 heteroatoms. The molecule has 1 aromatic rings. The zero-order chi connectivity index (χ0) is 19.1. The van der Waals surface area contributed by atoms with Gasteiger partial charge in [0.05, 0.1) is 0 Å². The van der Waals surface area contributed by atoms with Gasteiger partial charge in [0.2, 0.25) is 0 Å². The highest BCUT2D eigenvalue weighted by Gasteiger charge is 2.30. The quantitative estimate of drug-likeness (QED) is 0.426. The molecular formula is C25H36F2. The zero-order valence-electron chi connectivity index (χ0n) is 16.9. The molecule has 0 amide bonds. The Balaban J connectivity index is 1.36. The van der Waals surface area contributed by atoms with Crippen LogP contribution in [0.5, 0.6) is 0 Å². The molecule has 2 aliphatic rings. The van der Waals surface area contributed by atoms with Crippen molar-refractivity contribution < 1.29 is 8.78 Å². The third-order valence-electron chi connectivity index (χ3n) is 7.06. The maximum Gasteiger partial charge on any atom is 0.159 e. The molecule has 0 unspecified atom stereocenters. The lowest BCUT2D eigenvalue weighted by Crippen LogP contribution is -2.25. The Hall–Kier alpha value is -1.18. The van der Waals surface area contributed by atoms with E-state index in [0.29, 0.717) is 0 Å². The van der Waals surface area contributed by atoms with Crippen molar-refractivity contribution in [3.05, 3.63) is 47.5 Å². The van der Waals surface area contributed by atoms with E-state index in [2.05, 4.69) is 19.1 Å². The molecule has 150 valence electrons. The largest absolute Gasteiger partial charge is 0.204 e. The number of unbranched alkanes of at least 4 members (excludes halogenated alkanes) is 1. The summed E-state index contributed by atoms with van der Waals surface area (Å²) in [6.07, 6.45) is 20.4. The highest BCUT2D eigenvalue weighted by Crippen LogP contribution is 2.42. The molecule has 2 aliphatic carbocycles. The van der Waals surface area contributed by atoms with Crippen molar-refractivity contribution >= 4 is 0 Å². The van der Waals surface area contributed by atoms with E-state index in [1.165, 1.54) is 76.3 Å². The van der Waals surface area contributed by atoms with Gasteiger partial charge in [-0.25, -0.2) is 8.78 Å². The Bertz CT molecular complexity index is 590. The summed E-state index contributed by atoms with van der Waals surface area (Å²) in [4.78, 5) is 0. The molecule has 0 atom stereocenters. The van der Waals surface area contributed by atoms with Crippen LogP contribution >= 0.6 is 0 Å². The highest BCUT2D eigenvalue weighted by molar-refractivity contribution is 5.17. The van der Waals surface area contributed by atoms with E-state index in [4.69, 9.17) is 0 Å². The summed E-state index contributed by atoms with van der Waals surface area (Å²) in [6.45, 7) is 2.25. The molecule has 0 spiro atoms. The molecule has 2 fully saturated rings. The number of benzene rings is 1. The molecule has 0 aromatic heterocycles. The summed E-state index contributed by atoms with van der Waals surface area (Å²) in [5, 5.41) is 0. The van der Waals surface area contributed by atoms with Crippen molar-refractivity contribution in [3.8, 4) is 0 Å². The first-order valence-corrected chi connectivity index (χ1v) is 11.3. The fraction of sp³-hybridized carbons (Fsp3) is 0.680. The second kappa shape index (κ2) is 10.4. The number of rotatable bonds is 7. The van der Waals surface area contributed by atoms with E-state index in [-0.39, 0.29) is 0 Å². The molecule has 3 rings (SSSR count). The van der Waals surface area contributed by atoms with Crippen molar-refractivity contribution in [1.82, 2.24) is 0 Å². The van der Waals surface area contributed by atoms with Crippen LogP contribution in [0.1, 0.15) is 83.1 Å². The first-order valence-electron chi connectivity index (χ1n) is 11.3. The molecule has 0 nitrogen and oxygen atoms in total. The van der Waals surface area contributed by atoms with Crippen molar-refractivity contribution in [3.63, 3.8) is 0 Å². The minimum atomic E-state index is -0.741. The van der Waals surface area contributed by atoms with Gasteiger partial charge in [-0.15, -0.1) is 0 Å². The van der Waals surface area contributed by atoms with Crippen LogP contribution in [0.2, 0.25) is 0 Å². The number of hydrogen-bond donors (Lipinski definition) is 0. The van der Waals surface area contributed by atoms with Crippen LogP contribution in [0.4, 0.5) is 8.78 Å². The van der Waals surface area contributed by atoms with E-state index in [1.807, 2.05) is 0 Å². The number of aryl methyl sites for hydroxylation is 1. The molecule has 0 bridgehead atoms. The van der Waals surface area contributed by atoms with Crippen LogP contribution in [-0.2, 0) is 6.42 Å². The van der Waals surface area contributed by atoms with E-state index in [0.717, 1.165) is 42.1 Å². The Labute approximate surface area is 164 Å². The van der Waals surface area contributed by atoms with E-state index in [1.54, 1.807) is 6.07 Å². The van der Waals surface area contributed by atoms with Crippen LogP contribution in [0.15, 0.2) is 30.4 Å². The average Bonchev–Trinajstić information content (AvgIpc) is 2.70. The maximum atomic E-state index is 13.3. The van der Waals surface area contributed by atoms with Gasteiger partial charge >= 0.3 is 0 Å². The number of allylic oxidation sites excluding steroid dienone is 2. The number of halogens is 2. The predicted octanol–water partition coefficient (Wildman–Crippen LogP) is 7.87. The van der Waals surface area contributed by atoms with Gasteiger partial charge in [0.25, 0.3) is 0 Å². The van der Waals surface area contributed by atoms with Gasteiger partial charge in [-0.05, 0) is 99.2 Å². The molecule has 1 aromatic carbocycles. The average molecular weight is 375 g/mol. The van der Waals surface area contributed by atoms with E-state index < -0.39 is 11.6 Å². The van der Waals surface area contributed by atoms with Crippen LogP contribution in [0, 0.1) is 35.3 Å². The fourth-order valence-electron chi connectivity index (χ4n) is 5.28. The van der Waals surface area contributed by atoms with Crippen LogP contribution < -0.4 is 0 Å². The molecule has 27 heavy (non-hydrogen) atoms. The molecule has 0 radical (unpaired) electrons. The lowest BCUT2D eigenvalue weighted by molar-refractivity contribution is 0.152. The van der Waals surface area contributed by atoms with Crippen LogP contribution in [-0.4, -0.2) is 0 Å². The first-order chi connectivity index (χ1) is 13.2. The van der Waals surface area contributed by atoms with E-state index in [9.17, 15) is 8.78 Å².